The highest BCUT2D eigenvalue weighted by molar-refractivity contribution is 5.67. The Hall–Kier alpha value is -2.56. The van der Waals surface area contributed by atoms with Gasteiger partial charge in [0.1, 0.15) is 5.52 Å². The van der Waals surface area contributed by atoms with Crippen LogP contribution in [0.3, 0.4) is 0 Å². The summed E-state index contributed by atoms with van der Waals surface area (Å²) in [7, 11) is 0. The third-order valence-corrected chi connectivity index (χ3v) is 3.14. The molecule has 0 bridgehead atoms. The first-order valence-corrected chi connectivity index (χ1v) is 6.15. The lowest BCUT2D eigenvalue weighted by atomic mass is 10.1. The quantitative estimate of drug-likeness (QED) is 0.704. The predicted molar refractivity (Wildman–Crippen MR) is 75.9 cm³/mol. The molecule has 2 heterocycles. The number of hydrogen-bond donors (Lipinski definition) is 2. The van der Waals surface area contributed by atoms with Crippen molar-refractivity contribution in [3.8, 4) is 0 Å². The second kappa shape index (κ2) is 4.61. The number of benzene rings is 1. The Labute approximate surface area is 111 Å². The second-order valence-electron chi connectivity index (χ2n) is 4.43. The zero-order valence-electron chi connectivity index (χ0n) is 10.6. The number of nitrogens with zero attached hydrogens (tertiary/aromatic N) is 3. The van der Waals surface area contributed by atoms with Crippen LogP contribution < -0.4 is 11.1 Å². The van der Waals surface area contributed by atoms with Crippen molar-refractivity contribution >= 4 is 17.0 Å². The average molecular weight is 253 g/mol. The molecule has 0 aliphatic rings. The highest BCUT2D eigenvalue weighted by atomic mass is 15.2. The van der Waals surface area contributed by atoms with Crippen LogP contribution in [-0.4, -0.2) is 14.6 Å². The van der Waals surface area contributed by atoms with E-state index < -0.39 is 0 Å². The molecular weight excluding hydrogens is 238 g/mol. The Kier molecular flexibility index (Phi) is 2.79. The molecule has 0 aliphatic carbocycles. The lowest BCUT2D eigenvalue weighted by molar-refractivity contribution is 0.869. The predicted octanol–water partition coefficient (Wildman–Crippen LogP) is 2.48. The molecule has 3 rings (SSSR count). The minimum atomic E-state index is 0.0785. The third kappa shape index (κ3) is 2.10. The summed E-state index contributed by atoms with van der Waals surface area (Å²) in [5.74, 6) is 0.802. The highest BCUT2D eigenvalue weighted by Crippen LogP contribution is 2.24. The van der Waals surface area contributed by atoms with Gasteiger partial charge in [-0.05, 0) is 24.6 Å². The SMILES string of the molecule is CC(Nc1nccn2nccc12)c1ccccc1N. The van der Waals surface area contributed by atoms with Gasteiger partial charge in [0.25, 0.3) is 0 Å². The molecule has 0 amide bonds. The van der Waals surface area contributed by atoms with E-state index in [4.69, 9.17) is 5.73 Å². The Bertz CT molecular complexity index is 704. The van der Waals surface area contributed by atoms with Crippen molar-refractivity contribution in [1.29, 1.82) is 0 Å². The van der Waals surface area contributed by atoms with Gasteiger partial charge >= 0.3 is 0 Å². The molecule has 0 spiro atoms. The first-order chi connectivity index (χ1) is 9.25. The molecule has 0 saturated carbocycles. The fourth-order valence-electron chi connectivity index (χ4n) is 2.16. The number of nitrogens with two attached hydrogens (primary N) is 1. The van der Waals surface area contributed by atoms with Gasteiger partial charge in [-0.3, -0.25) is 0 Å². The fraction of sp³-hybridized carbons (Fsp3) is 0.143. The van der Waals surface area contributed by atoms with Gasteiger partial charge in [-0.1, -0.05) is 18.2 Å². The Balaban J connectivity index is 1.93. The van der Waals surface area contributed by atoms with Gasteiger partial charge in [-0.15, -0.1) is 0 Å². The number of fused-ring (bicyclic) bond motifs is 1. The largest absolute Gasteiger partial charge is 0.398 e. The molecular formula is C14H15N5. The maximum Gasteiger partial charge on any atom is 0.152 e. The van der Waals surface area contributed by atoms with Crippen molar-refractivity contribution in [2.75, 3.05) is 11.1 Å². The Morgan fingerprint density at radius 3 is 2.89 bits per heavy atom. The second-order valence-corrected chi connectivity index (χ2v) is 4.43. The molecule has 1 atom stereocenters. The summed E-state index contributed by atoms with van der Waals surface area (Å²) in [4.78, 5) is 4.36. The topological polar surface area (TPSA) is 68.2 Å². The number of aromatic nitrogens is 3. The summed E-state index contributed by atoms with van der Waals surface area (Å²) >= 11 is 0. The Morgan fingerprint density at radius 1 is 1.21 bits per heavy atom. The van der Waals surface area contributed by atoms with Crippen LogP contribution in [0.1, 0.15) is 18.5 Å². The lowest BCUT2D eigenvalue weighted by Gasteiger charge is -2.17. The first-order valence-electron chi connectivity index (χ1n) is 6.15. The first kappa shape index (κ1) is 11.5. The maximum absolute atomic E-state index is 5.99. The van der Waals surface area contributed by atoms with E-state index in [0.717, 1.165) is 22.6 Å². The van der Waals surface area contributed by atoms with Crippen LogP contribution in [0.25, 0.3) is 5.52 Å². The van der Waals surface area contributed by atoms with Crippen LogP contribution in [0.5, 0.6) is 0 Å². The summed E-state index contributed by atoms with van der Waals surface area (Å²) in [6, 6.07) is 9.84. The van der Waals surface area contributed by atoms with Gasteiger partial charge in [-0.2, -0.15) is 5.10 Å². The van der Waals surface area contributed by atoms with Gasteiger partial charge < -0.3 is 11.1 Å². The number of hydrogen-bond acceptors (Lipinski definition) is 4. The zero-order valence-corrected chi connectivity index (χ0v) is 10.6. The molecule has 2 aromatic heterocycles. The van der Waals surface area contributed by atoms with Crippen molar-refractivity contribution in [3.63, 3.8) is 0 Å². The third-order valence-electron chi connectivity index (χ3n) is 3.14. The summed E-state index contributed by atoms with van der Waals surface area (Å²) in [5, 5.41) is 7.57. The van der Waals surface area contributed by atoms with Crippen LogP contribution in [0.4, 0.5) is 11.5 Å². The Morgan fingerprint density at radius 2 is 2.05 bits per heavy atom. The molecule has 5 nitrogen and oxygen atoms in total. The van der Waals surface area contributed by atoms with Crippen LogP contribution in [0.15, 0.2) is 48.9 Å². The standard InChI is InChI=1S/C14H15N5/c1-10(11-4-2-3-5-12(11)15)18-14-13-6-7-17-19(13)9-8-16-14/h2-10H,15H2,1H3,(H,16,18). The smallest absolute Gasteiger partial charge is 0.152 e. The number of nitrogens with one attached hydrogen (secondary N) is 1. The van der Waals surface area contributed by atoms with Gasteiger partial charge in [0.05, 0.1) is 12.2 Å². The minimum absolute atomic E-state index is 0.0785. The lowest BCUT2D eigenvalue weighted by Crippen LogP contribution is -2.11. The van der Waals surface area contributed by atoms with Crippen molar-refractivity contribution in [2.24, 2.45) is 0 Å². The van der Waals surface area contributed by atoms with Gasteiger partial charge in [0.2, 0.25) is 0 Å². The monoisotopic (exact) mass is 253 g/mol. The molecule has 3 N–H and O–H groups in total. The van der Waals surface area contributed by atoms with E-state index in [9.17, 15) is 0 Å². The minimum Gasteiger partial charge on any atom is -0.398 e. The number of anilines is 2. The van der Waals surface area contributed by atoms with Crippen molar-refractivity contribution in [2.45, 2.75) is 13.0 Å². The van der Waals surface area contributed by atoms with E-state index >= 15 is 0 Å². The highest BCUT2D eigenvalue weighted by Gasteiger charge is 2.11. The summed E-state index contributed by atoms with van der Waals surface area (Å²) < 4.78 is 1.79. The van der Waals surface area contributed by atoms with Crippen LogP contribution in [0, 0.1) is 0 Å². The number of rotatable bonds is 3. The number of para-hydroxylation sites is 1. The molecule has 96 valence electrons. The van der Waals surface area contributed by atoms with Gasteiger partial charge in [-0.25, -0.2) is 9.50 Å². The molecule has 3 aromatic rings. The molecule has 0 fully saturated rings. The zero-order chi connectivity index (χ0) is 13.2. The molecule has 5 heteroatoms. The van der Waals surface area contributed by atoms with Crippen LogP contribution in [0.2, 0.25) is 0 Å². The maximum atomic E-state index is 5.99. The van der Waals surface area contributed by atoms with Crippen molar-refractivity contribution < 1.29 is 0 Å². The summed E-state index contributed by atoms with van der Waals surface area (Å²) in [6.45, 7) is 2.06. The average Bonchev–Trinajstić information content (AvgIpc) is 2.88. The molecule has 19 heavy (non-hydrogen) atoms. The fourth-order valence-corrected chi connectivity index (χ4v) is 2.16. The van der Waals surface area contributed by atoms with Gasteiger partial charge in [0.15, 0.2) is 5.82 Å². The molecule has 0 saturated heterocycles. The molecule has 0 radical (unpaired) electrons. The van der Waals surface area contributed by atoms with E-state index in [2.05, 4.69) is 22.3 Å². The van der Waals surface area contributed by atoms with Crippen LogP contribution in [-0.2, 0) is 0 Å². The molecule has 1 unspecified atom stereocenters. The number of nitrogen functional groups attached to an aromatic ring is 1. The van der Waals surface area contributed by atoms with E-state index in [0.29, 0.717) is 0 Å². The van der Waals surface area contributed by atoms with Crippen LogP contribution >= 0.6 is 0 Å². The van der Waals surface area contributed by atoms with Gasteiger partial charge in [0, 0.05) is 18.1 Å². The summed E-state index contributed by atoms with van der Waals surface area (Å²) in [6.07, 6.45) is 5.30. The molecule has 1 aromatic carbocycles. The van der Waals surface area contributed by atoms with Crippen molar-refractivity contribution in [1.82, 2.24) is 14.6 Å². The summed E-state index contributed by atoms with van der Waals surface area (Å²) in [5.41, 5.74) is 8.78. The van der Waals surface area contributed by atoms with E-state index in [1.54, 1.807) is 16.9 Å². The molecule has 0 aliphatic heterocycles. The normalized spacial score (nSPS) is 12.5. The van der Waals surface area contributed by atoms with E-state index in [1.165, 1.54) is 0 Å². The van der Waals surface area contributed by atoms with E-state index in [-0.39, 0.29) is 6.04 Å². The van der Waals surface area contributed by atoms with E-state index in [1.807, 2.05) is 36.5 Å². The van der Waals surface area contributed by atoms with Crippen molar-refractivity contribution in [3.05, 3.63) is 54.5 Å².